The minimum Gasteiger partial charge on any atom is -0.467 e. The van der Waals surface area contributed by atoms with Crippen LogP contribution in [0, 0.1) is 11.6 Å². The molecule has 2 aliphatic heterocycles. The molecule has 0 N–H and O–H groups in total. The van der Waals surface area contributed by atoms with Gasteiger partial charge < -0.3 is 19.3 Å². The van der Waals surface area contributed by atoms with Gasteiger partial charge in [0.1, 0.15) is 18.2 Å². The van der Waals surface area contributed by atoms with E-state index in [4.69, 9.17) is 9.47 Å². The second-order valence-corrected chi connectivity index (χ2v) is 7.80. The van der Waals surface area contributed by atoms with Crippen LogP contribution in [0.15, 0.2) is 12.1 Å². The second-order valence-electron chi connectivity index (χ2n) is 7.80. The van der Waals surface area contributed by atoms with Crippen molar-refractivity contribution in [1.82, 2.24) is 14.7 Å². The highest BCUT2D eigenvalue weighted by atomic mass is 19.1. The summed E-state index contributed by atoms with van der Waals surface area (Å²) in [5.74, 6) is -4.09. The third-order valence-electron chi connectivity index (χ3n) is 6.11. The molecule has 3 amide bonds. The van der Waals surface area contributed by atoms with Crippen molar-refractivity contribution in [2.75, 3.05) is 39.9 Å². The van der Waals surface area contributed by atoms with Crippen molar-refractivity contribution in [2.24, 2.45) is 0 Å². The number of carbonyl (C=O) groups is 4. The predicted molar refractivity (Wildman–Crippen MR) is 112 cm³/mol. The van der Waals surface area contributed by atoms with E-state index in [0.717, 1.165) is 12.1 Å². The highest BCUT2D eigenvalue weighted by Crippen LogP contribution is 2.27. The van der Waals surface area contributed by atoms with E-state index >= 15 is 0 Å². The molecule has 3 rings (SSSR count). The number of rotatable bonds is 6. The van der Waals surface area contributed by atoms with Crippen LogP contribution < -0.4 is 0 Å². The lowest BCUT2D eigenvalue weighted by atomic mass is 9.98. The summed E-state index contributed by atoms with van der Waals surface area (Å²) in [4.78, 5) is 54.1. The predicted octanol–water partition coefficient (Wildman–Crippen LogP) is 2.05. The van der Waals surface area contributed by atoms with Gasteiger partial charge in [0.2, 0.25) is 0 Å². The van der Waals surface area contributed by atoms with Gasteiger partial charge in [-0.2, -0.15) is 0 Å². The first-order valence-electron chi connectivity index (χ1n) is 10.8. The van der Waals surface area contributed by atoms with Gasteiger partial charge in [-0.15, -0.1) is 0 Å². The van der Waals surface area contributed by atoms with Crippen LogP contribution in [-0.2, 0) is 14.3 Å². The molecule has 2 fully saturated rings. The van der Waals surface area contributed by atoms with Crippen molar-refractivity contribution < 1.29 is 37.4 Å². The number of amides is 3. The lowest BCUT2D eigenvalue weighted by molar-refractivity contribution is -0.146. The monoisotopic (exact) mass is 467 g/mol. The summed E-state index contributed by atoms with van der Waals surface area (Å²) in [7, 11) is 1.22. The van der Waals surface area contributed by atoms with Crippen LogP contribution in [0.3, 0.4) is 0 Å². The van der Waals surface area contributed by atoms with E-state index in [9.17, 15) is 28.0 Å². The molecular weight excluding hydrogens is 440 g/mol. The summed E-state index contributed by atoms with van der Waals surface area (Å²) >= 11 is 0. The van der Waals surface area contributed by atoms with Gasteiger partial charge in [-0.3, -0.25) is 14.5 Å². The van der Waals surface area contributed by atoms with E-state index in [1.54, 1.807) is 13.8 Å². The first-order valence-corrected chi connectivity index (χ1v) is 10.8. The summed E-state index contributed by atoms with van der Waals surface area (Å²) in [6, 6.07) is 0.410. The number of methoxy groups -OCH3 is 1. The fourth-order valence-electron chi connectivity index (χ4n) is 4.30. The van der Waals surface area contributed by atoms with Gasteiger partial charge in [-0.25, -0.2) is 18.4 Å². The fourth-order valence-corrected chi connectivity index (χ4v) is 4.30. The molecule has 180 valence electrons. The normalized spacial score (nSPS) is 18.8. The van der Waals surface area contributed by atoms with Gasteiger partial charge >= 0.3 is 12.1 Å². The Hall–Kier alpha value is -3.24. The Kier molecular flexibility index (Phi) is 7.50. The highest BCUT2D eigenvalue weighted by molar-refractivity contribution is 6.07. The van der Waals surface area contributed by atoms with Crippen molar-refractivity contribution in [3.8, 4) is 0 Å². The van der Waals surface area contributed by atoms with Crippen LogP contribution in [0.25, 0.3) is 0 Å². The van der Waals surface area contributed by atoms with E-state index in [-0.39, 0.29) is 38.8 Å². The molecule has 2 heterocycles. The molecule has 1 aromatic rings. The summed E-state index contributed by atoms with van der Waals surface area (Å²) < 4.78 is 39.0. The van der Waals surface area contributed by atoms with E-state index in [0.29, 0.717) is 12.8 Å². The molecule has 1 atom stereocenters. The van der Waals surface area contributed by atoms with E-state index < -0.39 is 52.7 Å². The minimum atomic E-state index is -0.979. The number of likely N-dealkylation sites (tertiary alicyclic amines) is 1. The average molecular weight is 467 g/mol. The number of carbonyl (C=O) groups excluding carboxylic acids is 4. The summed E-state index contributed by atoms with van der Waals surface area (Å²) in [5, 5.41) is 0. The quantitative estimate of drug-likeness (QED) is 0.594. The minimum absolute atomic E-state index is 0.115. The van der Waals surface area contributed by atoms with E-state index in [1.807, 2.05) is 0 Å². The molecule has 9 nitrogen and oxygen atoms in total. The zero-order chi connectivity index (χ0) is 24.3. The first kappa shape index (κ1) is 24.4. The highest BCUT2D eigenvalue weighted by Gasteiger charge is 2.44. The lowest BCUT2D eigenvalue weighted by Crippen LogP contribution is -2.52. The maximum Gasteiger partial charge on any atom is 0.410 e. The number of esters is 1. The van der Waals surface area contributed by atoms with Crippen molar-refractivity contribution in [3.63, 3.8) is 0 Å². The van der Waals surface area contributed by atoms with Crippen LogP contribution in [0.5, 0.6) is 0 Å². The number of hydrogen-bond donors (Lipinski definition) is 0. The molecular formula is C22H27F2N3O6. The molecule has 1 aromatic carbocycles. The smallest absolute Gasteiger partial charge is 0.410 e. The number of nitrogens with zero attached hydrogens (tertiary/aromatic N) is 3. The molecule has 0 radical (unpaired) electrons. The zero-order valence-corrected chi connectivity index (χ0v) is 18.8. The van der Waals surface area contributed by atoms with Gasteiger partial charge in [-0.1, -0.05) is 0 Å². The molecule has 33 heavy (non-hydrogen) atoms. The third-order valence-corrected chi connectivity index (χ3v) is 6.11. The maximum atomic E-state index is 14.7. The summed E-state index contributed by atoms with van der Waals surface area (Å²) in [6.45, 7) is 4.09. The van der Waals surface area contributed by atoms with Gasteiger partial charge in [0.15, 0.2) is 6.04 Å². The zero-order valence-electron chi connectivity index (χ0n) is 18.8. The fraction of sp³-hybridized carbons (Fsp3) is 0.545. The molecule has 0 aliphatic carbocycles. The Balaban J connectivity index is 1.80. The average Bonchev–Trinajstić information content (AvgIpc) is 3.21. The van der Waals surface area contributed by atoms with Crippen LogP contribution in [0.1, 0.15) is 47.4 Å². The number of benzene rings is 1. The van der Waals surface area contributed by atoms with Crippen molar-refractivity contribution in [2.45, 2.75) is 38.8 Å². The number of piperidine rings is 1. The van der Waals surface area contributed by atoms with Crippen molar-refractivity contribution in [3.05, 3.63) is 34.9 Å². The molecule has 0 saturated carbocycles. The summed E-state index contributed by atoms with van der Waals surface area (Å²) in [5.41, 5.74) is -1.18. The van der Waals surface area contributed by atoms with Gasteiger partial charge in [0, 0.05) is 32.2 Å². The number of halogens is 2. The number of cyclic esters (lactones) is 1. The Morgan fingerprint density at radius 2 is 1.67 bits per heavy atom. The SMILES string of the molecule is CCN(CC)C(=O)c1c(F)ccc(F)c1C(=O)N1CCC(N2C(=O)OC[C@@H]2C(=O)OC)CC1. The molecule has 11 heteroatoms. The number of hydrogen-bond acceptors (Lipinski definition) is 6. The Bertz CT molecular complexity index is 944. The molecule has 0 aromatic heterocycles. The van der Waals surface area contributed by atoms with Crippen LogP contribution >= 0.6 is 0 Å². The van der Waals surface area contributed by atoms with Crippen molar-refractivity contribution in [1.29, 1.82) is 0 Å². The van der Waals surface area contributed by atoms with Gasteiger partial charge in [0.25, 0.3) is 11.8 Å². The van der Waals surface area contributed by atoms with E-state index in [2.05, 4.69) is 0 Å². The molecule has 0 bridgehead atoms. The Labute approximate surface area is 190 Å². The first-order chi connectivity index (χ1) is 15.7. The molecule has 2 saturated heterocycles. The largest absolute Gasteiger partial charge is 0.467 e. The van der Waals surface area contributed by atoms with Gasteiger partial charge in [0.05, 0.1) is 18.2 Å². The van der Waals surface area contributed by atoms with Crippen molar-refractivity contribution >= 4 is 23.9 Å². The lowest BCUT2D eigenvalue weighted by Gasteiger charge is -2.37. The Morgan fingerprint density at radius 3 is 2.21 bits per heavy atom. The summed E-state index contributed by atoms with van der Waals surface area (Å²) in [6.07, 6.45) is -0.0479. The standard InChI is InChI=1S/C22H27F2N3O6/c1-4-25(5-2)19(28)17-14(23)6-7-15(24)18(17)20(29)26-10-8-13(9-11-26)27-16(21(30)32-3)12-33-22(27)31/h6-7,13,16H,4-5,8-12H2,1-3H3/t16-/m1/s1. The van der Waals surface area contributed by atoms with Gasteiger partial charge in [-0.05, 0) is 38.8 Å². The molecule has 2 aliphatic rings. The number of ether oxygens (including phenoxy) is 2. The van der Waals surface area contributed by atoms with Crippen LogP contribution in [0.4, 0.5) is 13.6 Å². The Morgan fingerprint density at radius 1 is 1.09 bits per heavy atom. The van der Waals surface area contributed by atoms with Crippen LogP contribution in [0.2, 0.25) is 0 Å². The molecule has 0 spiro atoms. The molecule has 0 unspecified atom stereocenters. The topological polar surface area (TPSA) is 96.5 Å². The third kappa shape index (κ3) is 4.62. The van der Waals surface area contributed by atoms with Crippen LogP contribution in [-0.4, -0.2) is 90.6 Å². The van der Waals surface area contributed by atoms with E-state index in [1.165, 1.54) is 21.8 Å². The second kappa shape index (κ2) is 10.1. The maximum absolute atomic E-state index is 14.7.